The molecule has 1 aliphatic rings. The molecular formula is C20H18N4O3. The van der Waals surface area contributed by atoms with Crippen LogP contribution in [0.15, 0.2) is 52.9 Å². The lowest BCUT2D eigenvalue weighted by atomic mass is 10.1. The van der Waals surface area contributed by atoms with Gasteiger partial charge >= 0.3 is 0 Å². The van der Waals surface area contributed by atoms with Crippen molar-refractivity contribution in [2.24, 2.45) is 0 Å². The Morgan fingerprint density at radius 3 is 2.70 bits per heavy atom. The van der Waals surface area contributed by atoms with Gasteiger partial charge in [-0.05, 0) is 25.1 Å². The highest BCUT2D eigenvalue weighted by Gasteiger charge is 2.38. The summed E-state index contributed by atoms with van der Waals surface area (Å²) in [5, 5.41) is 10.9. The molecule has 27 heavy (non-hydrogen) atoms. The van der Waals surface area contributed by atoms with E-state index in [1.54, 1.807) is 4.90 Å². The van der Waals surface area contributed by atoms with Crippen molar-refractivity contribution in [1.82, 2.24) is 15.5 Å². The van der Waals surface area contributed by atoms with E-state index < -0.39 is 6.04 Å². The lowest BCUT2D eigenvalue weighted by Crippen LogP contribution is -2.36. The number of rotatable bonds is 4. The van der Waals surface area contributed by atoms with Crippen LogP contribution in [0, 0.1) is 6.92 Å². The normalized spacial score (nSPS) is 15.7. The van der Waals surface area contributed by atoms with E-state index in [2.05, 4.69) is 15.5 Å². The standard InChI is InChI=1S/C20H18N4O3/c1-12-8-9-16-15(10-12)18(21-13(2)25)20(26)24(16)11-17-22-23-19(27-17)14-6-4-3-5-7-14/h3-10,18H,11H2,1-2H3,(H,21,25). The average Bonchev–Trinajstić information content (AvgIpc) is 3.21. The van der Waals surface area contributed by atoms with Gasteiger partial charge in [-0.2, -0.15) is 0 Å². The SMILES string of the molecule is CC(=O)NC1C(=O)N(Cc2nnc(-c3ccccc3)o2)c2ccc(C)cc21. The molecule has 4 rings (SSSR count). The fraction of sp³-hybridized carbons (Fsp3) is 0.200. The van der Waals surface area contributed by atoms with Gasteiger partial charge in [0.25, 0.3) is 5.91 Å². The Morgan fingerprint density at radius 1 is 1.19 bits per heavy atom. The van der Waals surface area contributed by atoms with Crippen molar-refractivity contribution in [3.8, 4) is 11.5 Å². The van der Waals surface area contributed by atoms with E-state index in [1.807, 2.05) is 55.5 Å². The molecular weight excluding hydrogens is 344 g/mol. The quantitative estimate of drug-likeness (QED) is 0.771. The van der Waals surface area contributed by atoms with Crippen molar-refractivity contribution in [2.45, 2.75) is 26.4 Å². The van der Waals surface area contributed by atoms with Gasteiger partial charge in [0.15, 0.2) is 0 Å². The molecule has 0 fully saturated rings. The molecule has 7 nitrogen and oxygen atoms in total. The Balaban J connectivity index is 1.64. The molecule has 1 aromatic heterocycles. The number of aryl methyl sites for hydroxylation is 1. The molecule has 1 atom stereocenters. The van der Waals surface area contributed by atoms with Crippen LogP contribution >= 0.6 is 0 Å². The third-order valence-electron chi connectivity index (χ3n) is 4.43. The topological polar surface area (TPSA) is 88.3 Å². The van der Waals surface area contributed by atoms with Crippen molar-refractivity contribution in [3.63, 3.8) is 0 Å². The van der Waals surface area contributed by atoms with Crippen LogP contribution in [0.2, 0.25) is 0 Å². The molecule has 0 saturated heterocycles. The van der Waals surface area contributed by atoms with E-state index in [1.165, 1.54) is 6.92 Å². The van der Waals surface area contributed by atoms with Gasteiger partial charge in [-0.15, -0.1) is 10.2 Å². The molecule has 3 aromatic rings. The predicted octanol–water partition coefficient (Wildman–Crippen LogP) is 2.77. The van der Waals surface area contributed by atoms with Gasteiger partial charge in [0, 0.05) is 18.1 Å². The number of amides is 2. The molecule has 0 radical (unpaired) electrons. The minimum absolute atomic E-state index is 0.144. The van der Waals surface area contributed by atoms with E-state index >= 15 is 0 Å². The summed E-state index contributed by atoms with van der Waals surface area (Å²) in [5.41, 5.74) is 3.35. The average molecular weight is 362 g/mol. The maximum Gasteiger partial charge on any atom is 0.254 e. The first-order chi connectivity index (χ1) is 13.0. The molecule has 2 aromatic carbocycles. The van der Waals surface area contributed by atoms with Crippen LogP contribution in [0.25, 0.3) is 11.5 Å². The van der Waals surface area contributed by atoms with Gasteiger partial charge in [-0.25, -0.2) is 0 Å². The number of nitrogens with one attached hydrogen (secondary N) is 1. The molecule has 0 bridgehead atoms. The second-order valence-electron chi connectivity index (χ2n) is 6.49. The van der Waals surface area contributed by atoms with Crippen LogP contribution in [-0.2, 0) is 16.1 Å². The first kappa shape index (κ1) is 17.0. The molecule has 136 valence electrons. The van der Waals surface area contributed by atoms with E-state index in [0.29, 0.717) is 11.8 Å². The summed E-state index contributed by atoms with van der Waals surface area (Å²) in [7, 11) is 0. The Labute approximate surface area is 156 Å². The molecule has 1 unspecified atom stereocenters. The number of hydrogen-bond donors (Lipinski definition) is 1. The van der Waals surface area contributed by atoms with Gasteiger partial charge in [-0.1, -0.05) is 35.9 Å². The molecule has 0 aliphatic carbocycles. The van der Waals surface area contributed by atoms with Crippen molar-refractivity contribution in [1.29, 1.82) is 0 Å². The van der Waals surface area contributed by atoms with Gasteiger partial charge in [0.05, 0.1) is 5.69 Å². The summed E-state index contributed by atoms with van der Waals surface area (Å²) in [5.74, 6) is 0.258. The lowest BCUT2D eigenvalue weighted by Gasteiger charge is -2.15. The van der Waals surface area contributed by atoms with Crippen LogP contribution in [0.1, 0.15) is 30.0 Å². The van der Waals surface area contributed by atoms with E-state index in [0.717, 1.165) is 22.4 Å². The highest BCUT2D eigenvalue weighted by molar-refractivity contribution is 6.06. The monoisotopic (exact) mass is 362 g/mol. The highest BCUT2D eigenvalue weighted by Crippen LogP contribution is 2.37. The molecule has 2 heterocycles. The fourth-order valence-corrected chi connectivity index (χ4v) is 3.21. The summed E-state index contributed by atoms with van der Waals surface area (Å²) in [6.45, 7) is 3.49. The van der Waals surface area contributed by atoms with Crippen LogP contribution < -0.4 is 10.2 Å². The summed E-state index contributed by atoms with van der Waals surface area (Å²) >= 11 is 0. The van der Waals surface area contributed by atoms with Gasteiger partial charge < -0.3 is 14.6 Å². The van der Waals surface area contributed by atoms with Crippen LogP contribution in [0.3, 0.4) is 0 Å². The third kappa shape index (κ3) is 3.19. The van der Waals surface area contributed by atoms with E-state index in [9.17, 15) is 9.59 Å². The molecule has 0 spiro atoms. The van der Waals surface area contributed by atoms with E-state index in [-0.39, 0.29) is 18.4 Å². The lowest BCUT2D eigenvalue weighted by molar-refractivity contribution is -0.126. The second-order valence-corrected chi connectivity index (χ2v) is 6.49. The number of benzene rings is 2. The zero-order valence-corrected chi connectivity index (χ0v) is 15.0. The number of aromatic nitrogens is 2. The maximum absolute atomic E-state index is 12.9. The fourth-order valence-electron chi connectivity index (χ4n) is 3.21. The summed E-state index contributed by atoms with van der Waals surface area (Å²) in [6, 6.07) is 14.5. The molecule has 1 aliphatic heterocycles. The van der Waals surface area contributed by atoms with Gasteiger partial charge in [-0.3, -0.25) is 9.59 Å². The zero-order valence-electron chi connectivity index (χ0n) is 15.0. The number of nitrogens with zero attached hydrogens (tertiary/aromatic N) is 3. The number of fused-ring (bicyclic) bond motifs is 1. The van der Waals surface area contributed by atoms with Crippen LogP contribution in [-0.4, -0.2) is 22.0 Å². The third-order valence-corrected chi connectivity index (χ3v) is 4.43. The highest BCUT2D eigenvalue weighted by atomic mass is 16.4. The Morgan fingerprint density at radius 2 is 1.96 bits per heavy atom. The van der Waals surface area contributed by atoms with Gasteiger partial charge in [0.1, 0.15) is 12.6 Å². The number of carbonyl (C=O) groups is 2. The largest absolute Gasteiger partial charge is 0.419 e. The van der Waals surface area contributed by atoms with Crippen LogP contribution in [0.5, 0.6) is 0 Å². The zero-order chi connectivity index (χ0) is 19.0. The number of hydrogen-bond acceptors (Lipinski definition) is 5. The first-order valence-corrected chi connectivity index (χ1v) is 8.60. The minimum Gasteiger partial charge on any atom is -0.419 e. The number of anilines is 1. The van der Waals surface area contributed by atoms with Crippen molar-refractivity contribution < 1.29 is 14.0 Å². The smallest absolute Gasteiger partial charge is 0.254 e. The molecule has 7 heteroatoms. The first-order valence-electron chi connectivity index (χ1n) is 8.60. The minimum atomic E-state index is -0.700. The van der Waals surface area contributed by atoms with E-state index in [4.69, 9.17) is 4.42 Å². The second kappa shape index (κ2) is 6.68. The Bertz CT molecular complexity index is 1010. The molecule has 0 saturated carbocycles. The summed E-state index contributed by atoms with van der Waals surface area (Å²) in [4.78, 5) is 26.0. The predicted molar refractivity (Wildman–Crippen MR) is 98.7 cm³/mol. The Hall–Kier alpha value is -3.48. The van der Waals surface area contributed by atoms with Crippen molar-refractivity contribution >= 4 is 17.5 Å². The summed E-state index contributed by atoms with van der Waals surface area (Å²) in [6.07, 6.45) is 0. The van der Waals surface area contributed by atoms with Gasteiger partial charge in [0.2, 0.25) is 17.7 Å². The van der Waals surface area contributed by atoms with Crippen LogP contribution in [0.4, 0.5) is 5.69 Å². The summed E-state index contributed by atoms with van der Waals surface area (Å²) < 4.78 is 5.73. The number of carbonyl (C=O) groups excluding carboxylic acids is 2. The van der Waals surface area contributed by atoms with Crippen molar-refractivity contribution in [3.05, 3.63) is 65.5 Å². The molecule has 1 N–H and O–H groups in total. The van der Waals surface area contributed by atoms with Crippen molar-refractivity contribution in [2.75, 3.05) is 4.90 Å². The maximum atomic E-state index is 12.9. The molecule has 2 amide bonds. The Kier molecular flexibility index (Phi) is 4.19.